The molecule has 0 radical (unpaired) electrons. The van der Waals surface area contributed by atoms with E-state index in [0.717, 1.165) is 8.45 Å². The van der Waals surface area contributed by atoms with E-state index in [1.165, 1.54) is 56.1 Å². The third-order valence-corrected chi connectivity index (χ3v) is 11.5. The first kappa shape index (κ1) is 14.3. The van der Waals surface area contributed by atoms with Gasteiger partial charge in [-0.25, -0.2) is 0 Å². The molecule has 4 aliphatic rings. The van der Waals surface area contributed by atoms with Gasteiger partial charge in [0, 0.05) is 0 Å². The van der Waals surface area contributed by atoms with Gasteiger partial charge in [0.15, 0.2) is 0 Å². The summed E-state index contributed by atoms with van der Waals surface area (Å²) >= 11 is -1.12. The Morgan fingerprint density at radius 2 is 1.29 bits per heavy atom. The first-order valence-electron chi connectivity index (χ1n) is 9.04. The Morgan fingerprint density at radius 1 is 0.810 bits per heavy atom. The molecule has 0 saturated heterocycles. The second-order valence-electron chi connectivity index (χ2n) is 7.12. The van der Waals surface area contributed by atoms with Crippen molar-refractivity contribution in [3.8, 4) is 0 Å². The Hall–Kier alpha value is -0.326. The SMILES string of the molecule is C[CH2][Ti]([CH]1C=CC2=C1CCCC2)[CH]1C=CC2=C1CCCC2. The predicted molar refractivity (Wildman–Crippen MR) is 87.2 cm³/mol. The summed E-state index contributed by atoms with van der Waals surface area (Å²) in [5.41, 5.74) is 7.25. The molecule has 0 nitrogen and oxygen atoms in total. The molecule has 21 heavy (non-hydrogen) atoms. The monoisotopic (exact) mass is 315 g/mol. The summed E-state index contributed by atoms with van der Waals surface area (Å²) in [4.78, 5) is 0. The summed E-state index contributed by atoms with van der Waals surface area (Å²) in [5, 5.41) is 0. The normalized spacial score (nSPS) is 30.9. The van der Waals surface area contributed by atoms with E-state index in [1.807, 2.05) is 11.1 Å². The zero-order valence-corrected chi connectivity index (χ0v) is 14.9. The van der Waals surface area contributed by atoms with Crippen LogP contribution in [0.3, 0.4) is 0 Å². The Kier molecular flexibility index (Phi) is 4.11. The van der Waals surface area contributed by atoms with E-state index in [2.05, 4.69) is 31.2 Å². The van der Waals surface area contributed by atoms with Crippen LogP contribution in [-0.2, 0) is 17.9 Å². The minimum absolute atomic E-state index is 0.911. The van der Waals surface area contributed by atoms with Crippen molar-refractivity contribution in [3.05, 3.63) is 46.6 Å². The van der Waals surface area contributed by atoms with Crippen molar-refractivity contribution in [1.29, 1.82) is 0 Å². The van der Waals surface area contributed by atoms with Crippen LogP contribution in [0.5, 0.6) is 0 Å². The zero-order chi connectivity index (χ0) is 14.2. The number of allylic oxidation sites excluding steroid dienone is 8. The Balaban J connectivity index is 1.61. The summed E-state index contributed by atoms with van der Waals surface area (Å²) in [7, 11) is 0. The Labute approximate surface area is 135 Å². The van der Waals surface area contributed by atoms with Crippen LogP contribution in [0.2, 0.25) is 13.2 Å². The fourth-order valence-electron chi connectivity index (χ4n) is 4.98. The summed E-state index contributed by atoms with van der Waals surface area (Å²) in [5.74, 6) is 0. The number of hydrogen-bond acceptors (Lipinski definition) is 0. The van der Waals surface area contributed by atoms with Crippen molar-refractivity contribution >= 4 is 0 Å². The Bertz CT molecular complexity index is 498. The molecule has 0 spiro atoms. The molecule has 4 aliphatic carbocycles. The van der Waals surface area contributed by atoms with E-state index >= 15 is 0 Å². The summed E-state index contributed by atoms with van der Waals surface area (Å²) in [6.07, 6.45) is 21.6. The minimum atomic E-state index is -1.12. The van der Waals surface area contributed by atoms with Crippen LogP contribution in [0, 0.1) is 0 Å². The molecule has 1 heteroatoms. The maximum absolute atomic E-state index is 2.63. The predicted octanol–water partition coefficient (Wildman–Crippen LogP) is 6.50. The summed E-state index contributed by atoms with van der Waals surface area (Å²) in [6, 6.07) is 0. The van der Waals surface area contributed by atoms with Crippen molar-refractivity contribution in [2.24, 2.45) is 0 Å². The van der Waals surface area contributed by atoms with Gasteiger partial charge >= 0.3 is 136 Å². The summed E-state index contributed by atoms with van der Waals surface area (Å²) < 4.78 is 3.31. The molecule has 0 aromatic carbocycles. The van der Waals surface area contributed by atoms with Gasteiger partial charge in [-0.1, -0.05) is 0 Å². The van der Waals surface area contributed by atoms with Gasteiger partial charge in [-0.15, -0.1) is 0 Å². The van der Waals surface area contributed by atoms with Crippen molar-refractivity contribution < 1.29 is 17.9 Å². The number of hydrogen-bond donors (Lipinski definition) is 0. The van der Waals surface area contributed by atoms with E-state index in [-0.39, 0.29) is 0 Å². The molecular weight excluding hydrogens is 288 g/mol. The second-order valence-corrected chi connectivity index (χ2v) is 12.0. The molecule has 0 N–H and O–H groups in total. The number of rotatable bonds is 3. The Morgan fingerprint density at radius 3 is 1.76 bits per heavy atom. The first-order chi connectivity index (χ1) is 10.4. The molecule has 2 unspecified atom stereocenters. The first-order valence-corrected chi connectivity index (χ1v) is 11.9. The molecule has 0 aromatic rings. The van der Waals surface area contributed by atoms with Crippen molar-refractivity contribution in [2.45, 2.75) is 71.5 Å². The van der Waals surface area contributed by atoms with Gasteiger partial charge in [-0.2, -0.15) is 0 Å². The van der Waals surface area contributed by atoms with Crippen LogP contribution in [0.25, 0.3) is 0 Å². The molecule has 111 valence electrons. The van der Waals surface area contributed by atoms with Crippen LogP contribution in [0.15, 0.2) is 46.6 Å². The van der Waals surface area contributed by atoms with Gasteiger partial charge in [-0.3, -0.25) is 0 Å². The van der Waals surface area contributed by atoms with E-state index in [9.17, 15) is 0 Å². The molecule has 0 aromatic heterocycles. The van der Waals surface area contributed by atoms with E-state index in [1.54, 1.807) is 11.1 Å². The van der Waals surface area contributed by atoms with Crippen LogP contribution < -0.4 is 0 Å². The third-order valence-electron chi connectivity index (χ3n) is 6.05. The quantitative estimate of drug-likeness (QED) is 0.521. The van der Waals surface area contributed by atoms with E-state index < -0.39 is 17.9 Å². The molecular formula is C20H27Ti. The van der Waals surface area contributed by atoms with Gasteiger partial charge in [-0.05, 0) is 0 Å². The standard InChI is InChI=1S/2C9H11.C2H5.Ti/c2*1-2-5-9-7-3-6-8(9)4-1;1-2;/h2*3,6-7H,1-2,4-5H2;1H2,2H3;. The molecule has 0 bridgehead atoms. The fourth-order valence-corrected chi connectivity index (χ4v) is 10.5. The maximum atomic E-state index is 2.63. The fraction of sp³-hybridized carbons (Fsp3) is 0.600. The third kappa shape index (κ3) is 2.49. The van der Waals surface area contributed by atoms with Crippen molar-refractivity contribution in [1.82, 2.24) is 0 Å². The van der Waals surface area contributed by atoms with Gasteiger partial charge < -0.3 is 0 Å². The molecule has 4 rings (SSSR count). The topological polar surface area (TPSA) is 0 Å². The van der Waals surface area contributed by atoms with E-state index in [4.69, 9.17) is 0 Å². The van der Waals surface area contributed by atoms with Gasteiger partial charge in [0.1, 0.15) is 0 Å². The van der Waals surface area contributed by atoms with Crippen LogP contribution >= 0.6 is 0 Å². The molecule has 0 saturated carbocycles. The van der Waals surface area contributed by atoms with E-state index in [0.29, 0.717) is 0 Å². The summed E-state index contributed by atoms with van der Waals surface area (Å²) in [6.45, 7) is 2.49. The van der Waals surface area contributed by atoms with Crippen molar-refractivity contribution in [3.63, 3.8) is 0 Å². The van der Waals surface area contributed by atoms with Gasteiger partial charge in [0.2, 0.25) is 0 Å². The van der Waals surface area contributed by atoms with Crippen LogP contribution in [-0.4, -0.2) is 0 Å². The molecule has 0 heterocycles. The molecule has 2 atom stereocenters. The van der Waals surface area contributed by atoms with Crippen LogP contribution in [0.4, 0.5) is 0 Å². The average Bonchev–Trinajstić information content (AvgIpc) is 3.14. The molecule has 0 amide bonds. The average molecular weight is 315 g/mol. The van der Waals surface area contributed by atoms with Crippen LogP contribution in [0.1, 0.15) is 58.3 Å². The van der Waals surface area contributed by atoms with Gasteiger partial charge in [0.25, 0.3) is 0 Å². The second kappa shape index (κ2) is 6.05. The molecule has 0 aliphatic heterocycles. The van der Waals surface area contributed by atoms with Gasteiger partial charge in [0.05, 0.1) is 0 Å². The van der Waals surface area contributed by atoms with Crippen molar-refractivity contribution in [2.75, 3.05) is 0 Å². The zero-order valence-electron chi connectivity index (χ0n) is 13.3. The molecule has 0 fully saturated rings.